The zero-order chi connectivity index (χ0) is 12.3. The summed E-state index contributed by atoms with van der Waals surface area (Å²) in [4.78, 5) is 4.38. The Kier molecular flexibility index (Phi) is 3.84. The molecule has 4 heteroatoms. The molecule has 0 amide bonds. The topological polar surface area (TPSA) is 39.1 Å². The van der Waals surface area contributed by atoms with Crippen molar-refractivity contribution in [1.29, 1.82) is 0 Å². The van der Waals surface area contributed by atoms with Gasteiger partial charge in [-0.3, -0.25) is 0 Å². The Morgan fingerprint density at radius 3 is 2.88 bits per heavy atom. The lowest BCUT2D eigenvalue weighted by Gasteiger charge is -2.20. The summed E-state index contributed by atoms with van der Waals surface area (Å²) in [7, 11) is 0. The third kappa shape index (κ3) is 4.48. The maximum absolute atomic E-state index is 5.73. The van der Waals surface area contributed by atoms with Crippen molar-refractivity contribution in [3.63, 3.8) is 0 Å². The van der Waals surface area contributed by atoms with Crippen LogP contribution in [0.15, 0.2) is 12.4 Å². The summed E-state index contributed by atoms with van der Waals surface area (Å²) in [5.74, 6) is 1.11. The van der Waals surface area contributed by atoms with Gasteiger partial charge in [-0.25, -0.2) is 4.98 Å². The first kappa shape index (κ1) is 12.6. The largest absolute Gasteiger partial charge is 0.374 e. The molecule has 0 bridgehead atoms. The molecule has 1 aliphatic carbocycles. The molecule has 1 aromatic rings. The molecule has 1 aromatic heterocycles. The highest BCUT2D eigenvalue weighted by molar-refractivity contribution is 4.94. The van der Waals surface area contributed by atoms with Gasteiger partial charge in [0.15, 0.2) is 0 Å². The van der Waals surface area contributed by atoms with Gasteiger partial charge in [0.25, 0.3) is 0 Å². The third-order valence-electron chi connectivity index (χ3n) is 2.80. The van der Waals surface area contributed by atoms with Crippen LogP contribution in [0.3, 0.4) is 0 Å². The zero-order valence-electron chi connectivity index (χ0n) is 11.1. The van der Waals surface area contributed by atoms with Crippen LogP contribution in [-0.4, -0.2) is 27.8 Å². The molecular weight excluding hydrogens is 214 g/mol. The van der Waals surface area contributed by atoms with E-state index in [1.165, 1.54) is 12.8 Å². The molecule has 0 aliphatic heterocycles. The summed E-state index contributed by atoms with van der Waals surface area (Å²) in [6.45, 7) is 8.71. The van der Waals surface area contributed by atoms with E-state index in [0.29, 0.717) is 0 Å². The second kappa shape index (κ2) is 5.19. The van der Waals surface area contributed by atoms with Crippen LogP contribution in [0.1, 0.15) is 39.4 Å². The minimum Gasteiger partial charge on any atom is -0.374 e. The average molecular weight is 237 g/mol. The average Bonchev–Trinajstić information content (AvgIpc) is 2.95. The number of nitrogens with one attached hydrogen (secondary N) is 1. The van der Waals surface area contributed by atoms with Crippen molar-refractivity contribution >= 4 is 0 Å². The molecule has 1 heterocycles. The van der Waals surface area contributed by atoms with E-state index in [-0.39, 0.29) is 5.60 Å². The number of hydrogen-bond acceptors (Lipinski definition) is 3. The van der Waals surface area contributed by atoms with Crippen molar-refractivity contribution in [3.05, 3.63) is 18.2 Å². The van der Waals surface area contributed by atoms with Crippen molar-refractivity contribution in [2.45, 2.75) is 58.3 Å². The van der Waals surface area contributed by atoms with Crippen LogP contribution >= 0.6 is 0 Å². The maximum atomic E-state index is 5.73. The van der Waals surface area contributed by atoms with E-state index in [1.807, 2.05) is 12.4 Å². The number of rotatable bonds is 6. The molecule has 1 fully saturated rings. The van der Waals surface area contributed by atoms with Crippen LogP contribution in [0.4, 0.5) is 0 Å². The highest BCUT2D eigenvalue weighted by Crippen LogP contribution is 2.19. The Balaban J connectivity index is 1.76. The monoisotopic (exact) mass is 237 g/mol. The number of hydrogen-bond donors (Lipinski definition) is 1. The molecule has 1 saturated carbocycles. The molecule has 96 valence electrons. The van der Waals surface area contributed by atoms with E-state index in [0.717, 1.165) is 31.6 Å². The van der Waals surface area contributed by atoms with Gasteiger partial charge in [-0.2, -0.15) is 0 Å². The molecule has 4 nitrogen and oxygen atoms in total. The van der Waals surface area contributed by atoms with Crippen LogP contribution < -0.4 is 5.32 Å². The quantitative estimate of drug-likeness (QED) is 0.822. The number of ether oxygens (including phenoxy) is 1. The first-order valence-electron chi connectivity index (χ1n) is 6.42. The highest BCUT2D eigenvalue weighted by atomic mass is 16.5. The molecule has 0 atom stereocenters. The minimum atomic E-state index is -0.0625. The molecule has 0 unspecified atom stereocenters. The SMILES string of the molecule is CC(C)(C)OCCn1ccnc1CNC1CC1. The predicted molar refractivity (Wildman–Crippen MR) is 67.8 cm³/mol. The molecule has 1 N–H and O–H groups in total. The first-order valence-corrected chi connectivity index (χ1v) is 6.42. The molecular formula is C13H23N3O. The van der Waals surface area contributed by atoms with E-state index in [1.54, 1.807) is 0 Å². The van der Waals surface area contributed by atoms with Crippen LogP contribution in [-0.2, 0) is 17.8 Å². The van der Waals surface area contributed by atoms with Gasteiger partial charge in [0.2, 0.25) is 0 Å². The van der Waals surface area contributed by atoms with E-state index in [4.69, 9.17) is 4.74 Å². The van der Waals surface area contributed by atoms with E-state index in [2.05, 4.69) is 35.6 Å². The van der Waals surface area contributed by atoms with Crippen LogP contribution in [0, 0.1) is 0 Å². The van der Waals surface area contributed by atoms with Gasteiger partial charge in [-0.05, 0) is 33.6 Å². The molecule has 1 aliphatic rings. The van der Waals surface area contributed by atoms with Crippen LogP contribution in [0.5, 0.6) is 0 Å². The van der Waals surface area contributed by atoms with Gasteiger partial charge in [-0.1, -0.05) is 0 Å². The Morgan fingerprint density at radius 2 is 2.24 bits per heavy atom. The second-order valence-corrected chi connectivity index (χ2v) is 5.65. The van der Waals surface area contributed by atoms with Crippen molar-refractivity contribution in [2.75, 3.05) is 6.61 Å². The van der Waals surface area contributed by atoms with E-state index < -0.39 is 0 Å². The second-order valence-electron chi connectivity index (χ2n) is 5.65. The standard InChI is InChI=1S/C13H23N3O/c1-13(2,3)17-9-8-16-7-6-14-12(16)10-15-11-4-5-11/h6-7,11,15H,4-5,8-10H2,1-3H3. The highest BCUT2D eigenvalue weighted by Gasteiger charge is 2.20. The Bertz CT molecular complexity index is 350. The maximum Gasteiger partial charge on any atom is 0.122 e. The summed E-state index contributed by atoms with van der Waals surface area (Å²) in [6, 6.07) is 0.728. The predicted octanol–water partition coefficient (Wildman–Crippen LogP) is 1.95. The van der Waals surface area contributed by atoms with Gasteiger partial charge in [-0.15, -0.1) is 0 Å². The summed E-state index contributed by atoms with van der Waals surface area (Å²) < 4.78 is 7.89. The smallest absolute Gasteiger partial charge is 0.122 e. The lowest BCUT2D eigenvalue weighted by Crippen LogP contribution is -2.23. The molecule has 0 aromatic carbocycles. The van der Waals surface area contributed by atoms with Crippen molar-refractivity contribution in [3.8, 4) is 0 Å². The van der Waals surface area contributed by atoms with E-state index >= 15 is 0 Å². The summed E-state index contributed by atoms with van der Waals surface area (Å²) in [5, 5.41) is 3.48. The molecule has 0 saturated heterocycles. The van der Waals surface area contributed by atoms with Gasteiger partial charge in [0, 0.05) is 25.0 Å². The van der Waals surface area contributed by atoms with Crippen molar-refractivity contribution < 1.29 is 4.74 Å². The molecule has 0 radical (unpaired) electrons. The normalized spacial score (nSPS) is 16.4. The van der Waals surface area contributed by atoms with Gasteiger partial charge in [0.05, 0.1) is 18.8 Å². The molecule has 0 spiro atoms. The fraction of sp³-hybridized carbons (Fsp3) is 0.769. The lowest BCUT2D eigenvalue weighted by molar-refractivity contribution is -0.00709. The Hall–Kier alpha value is -0.870. The zero-order valence-corrected chi connectivity index (χ0v) is 11.1. The van der Waals surface area contributed by atoms with Crippen LogP contribution in [0.2, 0.25) is 0 Å². The summed E-state index contributed by atoms with van der Waals surface area (Å²) in [6.07, 6.45) is 6.51. The van der Waals surface area contributed by atoms with Crippen LogP contribution in [0.25, 0.3) is 0 Å². The Labute approximate surface area is 103 Å². The Morgan fingerprint density at radius 1 is 1.47 bits per heavy atom. The van der Waals surface area contributed by atoms with Gasteiger partial charge >= 0.3 is 0 Å². The summed E-state index contributed by atoms with van der Waals surface area (Å²) in [5.41, 5.74) is -0.0625. The van der Waals surface area contributed by atoms with E-state index in [9.17, 15) is 0 Å². The third-order valence-corrected chi connectivity index (χ3v) is 2.80. The minimum absolute atomic E-state index is 0.0625. The molecule has 17 heavy (non-hydrogen) atoms. The van der Waals surface area contributed by atoms with Gasteiger partial charge < -0.3 is 14.6 Å². The number of nitrogens with zero attached hydrogens (tertiary/aromatic N) is 2. The summed E-state index contributed by atoms with van der Waals surface area (Å²) >= 11 is 0. The number of aromatic nitrogens is 2. The fourth-order valence-electron chi connectivity index (χ4n) is 1.68. The molecule has 2 rings (SSSR count). The van der Waals surface area contributed by atoms with Gasteiger partial charge in [0.1, 0.15) is 5.82 Å². The lowest BCUT2D eigenvalue weighted by atomic mass is 10.2. The number of imidazole rings is 1. The van der Waals surface area contributed by atoms with Crippen molar-refractivity contribution in [2.24, 2.45) is 0 Å². The van der Waals surface area contributed by atoms with Crippen molar-refractivity contribution in [1.82, 2.24) is 14.9 Å². The first-order chi connectivity index (χ1) is 8.04. The fourth-order valence-corrected chi connectivity index (χ4v) is 1.68.